The summed E-state index contributed by atoms with van der Waals surface area (Å²) in [7, 11) is 0. The predicted octanol–water partition coefficient (Wildman–Crippen LogP) is 3.28. The molecular weight excluding hydrogens is 230 g/mol. The minimum Gasteiger partial charge on any atom is -0.337 e. The van der Waals surface area contributed by atoms with Crippen LogP contribution in [-0.2, 0) is 6.42 Å². The molecule has 0 saturated heterocycles. The normalized spacial score (nSPS) is 10.2. The van der Waals surface area contributed by atoms with E-state index in [9.17, 15) is 0 Å². The van der Waals surface area contributed by atoms with Crippen LogP contribution in [0.15, 0.2) is 24.4 Å². The molecule has 2 rings (SSSR count). The highest BCUT2D eigenvalue weighted by Crippen LogP contribution is 2.19. The van der Waals surface area contributed by atoms with Crippen molar-refractivity contribution in [2.75, 3.05) is 0 Å². The van der Waals surface area contributed by atoms with E-state index in [1.54, 1.807) is 0 Å². The van der Waals surface area contributed by atoms with E-state index in [0.717, 1.165) is 23.4 Å². The zero-order valence-corrected chi connectivity index (χ0v) is 10.6. The number of nitriles is 1. The van der Waals surface area contributed by atoms with Crippen molar-refractivity contribution in [1.29, 1.82) is 5.26 Å². The molecule has 3 nitrogen and oxygen atoms in total. The Hall–Kier alpha value is -1.86. The minimum atomic E-state index is 0.649. The van der Waals surface area contributed by atoms with Crippen LogP contribution in [0.2, 0.25) is 0 Å². The van der Waals surface area contributed by atoms with E-state index in [-0.39, 0.29) is 0 Å². The van der Waals surface area contributed by atoms with Gasteiger partial charge in [-0.25, -0.2) is 0 Å². The molecule has 1 N–H and O–H groups in total. The number of nitrogens with zero attached hydrogens (tertiary/aromatic N) is 2. The topological polar surface area (TPSA) is 44.5 Å². The van der Waals surface area contributed by atoms with Gasteiger partial charge in [0, 0.05) is 11.9 Å². The lowest BCUT2D eigenvalue weighted by atomic mass is 10.1. The van der Waals surface area contributed by atoms with Crippen LogP contribution in [0.4, 0.5) is 0 Å². The highest BCUT2D eigenvalue weighted by Gasteiger charge is 2.08. The highest BCUT2D eigenvalue weighted by atomic mass is 32.1. The lowest BCUT2D eigenvalue weighted by Crippen LogP contribution is -2.02. The number of hydrogen-bond donors (Lipinski definition) is 1. The van der Waals surface area contributed by atoms with E-state index in [0.29, 0.717) is 10.3 Å². The van der Waals surface area contributed by atoms with Crippen LogP contribution in [0.3, 0.4) is 0 Å². The third-order valence-corrected chi connectivity index (χ3v) is 3.09. The maximum absolute atomic E-state index is 8.95. The molecule has 4 heteroatoms. The lowest BCUT2D eigenvalue weighted by Gasteiger charge is -2.10. The summed E-state index contributed by atoms with van der Waals surface area (Å²) in [4.78, 5) is 3.05. The second-order valence-corrected chi connectivity index (χ2v) is 4.27. The van der Waals surface area contributed by atoms with Gasteiger partial charge >= 0.3 is 0 Å². The summed E-state index contributed by atoms with van der Waals surface area (Å²) in [6.07, 6.45) is 2.81. The molecule has 2 aromatic rings. The van der Waals surface area contributed by atoms with Gasteiger partial charge in [0.1, 0.15) is 0 Å². The molecule has 0 bridgehead atoms. The zero-order valence-electron chi connectivity index (χ0n) is 9.82. The molecule has 1 aromatic carbocycles. The molecule has 0 spiro atoms. The average molecular weight is 243 g/mol. The Labute approximate surface area is 105 Å². The Morgan fingerprint density at radius 2 is 2.24 bits per heavy atom. The van der Waals surface area contributed by atoms with E-state index in [4.69, 9.17) is 17.5 Å². The monoisotopic (exact) mass is 243 g/mol. The molecule has 0 aliphatic carbocycles. The van der Waals surface area contributed by atoms with Crippen LogP contribution < -0.4 is 0 Å². The summed E-state index contributed by atoms with van der Waals surface area (Å²) < 4.78 is 2.66. The zero-order chi connectivity index (χ0) is 12.4. The first-order chi connectivity index (χ1) is 8.17. The molecule has 17 heavy (non-hydrogen) atoms. The number of rotatable bonds is 2. The first-order valence-electron chi connectivity index (χ1n) is 5.47. The van der Waals surface area contributed by atoms with Crippen molar-refractivity contribution in [2.45, 2.75) is 20.3 Å². The molecule has 0 amide bonds. The minimum absolute atomic E-state index is 0.649. The van der Waals surface area contributed by atoms with E-state index in [1.165, 1.54) is 0 Å². The molecule has 0 radical (unpaired) electrons. The number of benzene rings is 1. The molecule has 0 atom stereocenters. The Bertz CT molecular complexity index is 643. The first-order valence-corrected chi connectivity index (χ1v) is 5.88. The van der Waals surface area contributed by atoms with Crippen LogP contribution in [0.5, 0.6) is 0 Å². The predicted molar refractivity (Wildman–Crippen MR) is 69.8 cm³/mol. The second-order valence-electron chi connectivity index (χ2n) is 3.89. The molecule has 1 heterocycles. The van der Waals surface area contributed by atoms with E-state index < -0.39 is 0 Å². The molecule has 0 fully saturated rings. The van der Waals surface area contributed by atoms with Crippen molar-refractivity contribution in [2.24, 2.45) is 0 Å². The smallest absolute Gasteiger partial charge is 0.182 e. The standard InChI is InChI=1S/C13H13N3S/c1-3-11-8-15-13(17)16(11)12-6-10(7-14)5-4-9(12)2/h4-6,8H,3H2,1-2H3,(H,15,17). The molecular formula is C13H13N3S. The van der Waals surface area contributed by atoms with Gasteiger partial charge in [-0.2, -0.15) is 5.26 Å². The third kappa shape index (κ3) is 2.02. The lowest BCUT2D eigenvalue weighted by molar-refractivity contribution is 0.914. The number of nitrogens with one attached hydrogen (secondary N) is 1. The van der Waals surface area contributed by atoms with Gasteiger partial charge in [0.25, 0.3) is 0 Å². The highest BCUT2D eigenvalue weighted by molar-refractivity contribution is 7.71. The maximum atomic E-state index is 8.95. The fourth-order valence-electron chi connectivity index (χ4n) is 1.85. The fraction of sp³-hybridized carbons (Fsp3) is 0.231. The van der Waals surface area contributed by atoms with Crippen LogP contribution >= 0.6 is 12.2 Å². The summed E-state index contributed by atoms with van der Waals surface area (Å²) in [5.74, 6) is 0. The summed E-state index contributed by atoms with van der Waals surface area (Å²) in [6, 6.07) is 7.80. The quantitative estimate of drug-likeness (QED) is 0.823. The largest absolute Gasteiger partial charge is 0.337 e. The molecule has 0 aliphatic heterocycles. The Morgan fingerprint density at radius 1 is 1.47 bits per heavy atom. The number of imidazole rings is 1. The molecule has 1 aromatic heterocycles. The van der Waals surface area contributed by atoms with Crippen LogP contribution in [-0.4, -0.2) is 9.55 Å². The Kier molecular flexibility index (Phi) is 3.12. The van der Waals surface area contributed by atoms with Gasteiger partial charge in [-0.05, 0) is 43.3 Å². The SMILES string of the molecule is CCc1c[nH]c(=S)n1-c1cc(C#N)ccc1C. The summed E-state index contributed by atoms with van der Waals surface area (Å²) in [5.41, 5.74) is 3.85. The maximum Gasteiger partial charge on any atom is 0.182 e. The van der Waals surface area contributed by atoms with Crippen molar-refractivity contribution in [1.82, 2.24) is 9.55 Å². The number of aromatic nitrogens is 2. The van der Waals surface area contributed by atoms with Gasteiger partial charge in [0.2, 0.25) is 0 Å². The van der Waals surface area contributed by atoms with Gasteiger partial charge in [-0.3, -0.25) is 4.57 Å². The van der Waals surface area contributed by atoms with Gasteiger partial charge < -0.3 is 4.98 Å². The van der Waals surface area contributed by atoms with E-state index >= 15 is 0 Å². The van der Waals surface area contributed by atoms with Crippen LogP contribution in [0.25, 0.3) is 5.69 Å². The molecule has 0 saturated carbocycles. The van der Waals surface area contributed by atoms with Crippen LogP contribution in [0, 0.1) is 23.0 Å². The second kappa shape index (κ2) is 4.56. The fourth-order valence-corrected chi connectivity index (χ4v) is 2.12. The summed E-state index contributed by atoms with van der Waals surface area (Å²) in [5, 5.41) is 8.95. The molecule has 86 valence electrons. The summed E-state index contributed by atoms with van der Waals surface area (Å²) >= 11 is 5.28. The van der Waals surface area contributed by atoms with Gasteiger partial charge in [-0.1, -0.05) is 13.0 Å². The molecule has 0 aliphatic rings. The van der Waals surface area contributed by atoms with Crippen molar-refractivity contribution in [3.05, 3.63) is 46.0 Å². The van der Waals surface area contributed by atoms with Crippen molar-refractivity contribution in [3.63, 3.8) is 0 Å². The van der Waals surface area contributed by atoms with Gasteiger partial charge in [0.15, 0.2) is 4.77 Å². The first kappa shape index (κ1) is 11.6. The number of hydrogen-bond acceptors (Lipinski definition) is 2. The Balaban J connectivity index is 2.72. The van der Waals surface area contributed by atoms with Gasteiger partial charge in [0.05, 0.1) is 17.3 Å². The third-order valence-electron chi connectivity index (χ3n) is 2.79. The summed E-state index contributed by atoms with van der Waals surface area (Å²) in [6.45, 7) is 4.10. The number of aromatic amines is 1. The van der Waals surface area contributed by atoms with E-state index in [2.05, 4.69) is 18.0 Å². The molecule has 0 unspecified atom stereocenters. The van der Waals surface area contributed by atoms with E-state index in [1.807, 2.05) is 35.9 Å². The number of aryl methyl sites for hydroxylation is 2. The average Bonchev–Trinajstić information content (AvgIpc) is 2.71. The van der Waals surface area contributed by atoms with Gasteiger partial charge in [-0.15, -0.1) is 0 Å². The Morgan fingerprint density at radius 3 is 2.88 bits per heavy atom. The van der Waals surface area contributed by atoms with Crippen molar-refractivity contribution in [3.8, 4) is 11.8 Å². The van der Waals surface area contributed by atoms with Crippen molar-refractivity contribution < 1.29 is 0 Å². The van der Waals surface area contributed by atoms with Crippen LogP contribution in [0.1, 0.15) is 23.7 Å². The van der Waals surface area contributed by atoms with Crippen molar-refractivity contribution >= 4 is 12.2 Å². The number of H-pyrrole nitrogens is 1.